The van der Waals surface area contributed by atoms with Gasteiger partial charge in [0.15, 0.2) is 0 Å². The molecule has 3 aromatic rings. The van der Waals surface area contributed by atoms with Gasteiger partial charge in [0.2, 0.25) is 0 Å². The summed E-state index contributed by atoms with van der Waals surface area (Å²) in [5.41, 5.74) is 2.03. The highest BCUT2D eigenvalue weighted by molar-refractivity contribution is 14.1. The Labute approximate surface area is 136 Å². The minimum atomic E-state index is -0.00648. The highest BCUT2D eigenvalue weighted by atomic mass is 127. The molecule has 1 aromatic heterocycles. The molecule has 0 saturated heterocycles. The fraction of sp³-hybridized carbons (Fsp3) is 0.125. The van der Waals surface area contributed by atoms with Gasteiger partial charge >= 0.3 is 0 Å². The maximum atomic E-state index is 6.12. The van der Waals surface area contributed by atoms with E-state index < -0.39 is 0 Å². The molecule has 1 N–H and O–H groups in total. The van der Waals surface area contributed by atoms with Gasteiger partial charge < -0.3 is 9.73 Å². The first-order valence-electron chi connectivity index (χ1n) is 6.29. The number of nitrogens with one attached hydrogen (secondary N) is 1. The fourth-order valence-corrected chi connectivity index (χ4v) is 3.16. The van der Waals surface area contributed by atoms with Crippen LogP contribution in [-0.2, 0) is 0 Å². The van der Waals surface area contributed by atoms with Gasteiger partial charge in [-0.05, 0) is 65.5 Å². The molecule has 102 valence electrons. The molecular weight excluding hydrogens is 385 g/mol. The molecule has 0 fully saturated rings. The van der Waals surface area contributed by atoms with Gasteiger partial charge in [0, 0.05) is 14.0 Å². The Bertz CT molecular complexity index is 720. The molecule has 0 aliphatic carbocycles. The Hall–Kier alpha value is -1.04. The number of rotatable bonds is 3. The minimum absolute atomic E-state index is 0.00648. The van der Waals surface area contributed by atoms with Crippen LogP contribution in [0, 0.1) is 3.57 Å². The first-order valence-corrected chi connectivity index (χ1v) is 7.75. The Balaban J connectivity index is 2.11. The van der Waals surface area contributed by atoms with E-state index in [0.29, 0.717) is 0 Å². The van der Waals surface area contributed by atoms with Crippen molar-refractivity contribution in [1.82, 2.24) is 5.32 Å². The quantitative estimate of drug-likeness (QED) is 0.629. The normalized spacial score (nSPS) is 12.8. The van der Waals surface area contributed by atoms with E-state index in [9.17, 15) is 0 Å². The summed E-state index contributed by atoms with van der Waals surface area (Å²) >= 11 is 8.44. The summed E-state index contributed by atoms with van der Waals surface area (Å²) < 4.78 is 7.12. The molecule has 2 nitrogen and oxygen atoms in total. The molecular formula is C16H13ClINO. The van der Waals surface area contributed by atoms with Gasteiger partial charge in [-0.15, -0.1) is 0 Å². The number of benzene rings is 2. The van der Waals surface area contributed by atoms with Crippen LogP contribution in [0.2, 0.25) is 5.02 Å². The first kappa shape index (κ1) is 13.9. The molecule has 0 aliphatic heterocycles. The first-order chi connectivity index (χ1) is 9.69. The van der Waals surface area contributed by atoms with Crippen molar-refractivity contribution in [3.63, 3.8) is 0 Å². The Kier molecular flexibility index (Phi) is 4.01. The third-order valence-corrected chi connectivity index (χ3v) is 4.50. The van der Waals surface area contributed by atoms with Crippen LogP contribution < -0.4 is 5.32 Å². The lowest BCUT2D eigenvalue weighted by atomic mass is 10.0. The number of para-hydroxylation sites is 1. The number of furan rings is 1. The van der Waals surface area contributed by atoms with Crippen molar-refractivity contribution in [3.05, 3.63) is 68.4 Å². The Morgan fingerprint density at radius 1 is 1.15 bits per heavy atom. The van der Waals surface area contributed by atoms with E-state index in [-0.39, 0.29) is 6.04 Å². The Morgan fingerprint density at radius 2 is 1.95 bits per heavy atom. The SMILES string of the molecule is CNC(c1cc2ccccc2o1)c1cc(Cl)ccc1I. The van der Waals surface area contributed by atoms with Crippen LogP contribution in [0.1, 0.15) is 17.4 Å². The van der Waals surface area contributed by atoms with Crippen molar-refractivity contribution >= 4 is 45.2 Å². The van der Waals surface area contributed by atoms with Gasteiger partial charge in [0.25, 0.3) is 0 Å². The van der Waals surface area contributed by atoms with Crippen LogP contribution in [0.5, 0.6) is 0 Å². The summed E-state index contributed by atoms with van der Waals surface area (Å²) in [6.45, 7) is 0. The third kappa shape index (κ3) is 2.57. The van der Waals surface area contributed by atoms with Crippen LogP contribution >= 0.6 is 34.2 Å². The van der Waals surface area contributed by atoms with Crippen LogP contribution in [0.25, 0.3) is 11.0 Å². The summed E-state index contributed by atoms with van der Waals surface area (Å²) in [6, 6.07) is 16.0. The average molecular weight is 398 g/mol. The molecule has 0 amide bonds. The van der Waals surface area contributed by atoms with Gasteiger partial charge in [-0.3, -0.25) is 0 Å². The van der Waals surface area contributed by atoms with Crippen molar-refractivity contribution in [2.45, 2.75) is 6.04 Å². The van der Waals surface area contributed by atoms with Crippen LogP contribution in [0.15, 0.2) is 52.9 Å². The molecule has 2 aromatic carbocycles. The summed E-state index contributed by atoms with van der Waals surface area (Å²) in [4.78, 5) is 0. The predicted octanol–water partition coefficient (Wildman–Crippen LogP) is 5.00. The molecule has 4 heteroatoms. The van der Waals surface area contributed by atoms with E-state index >= 15 is 0 Å². The second kappa shape index (κ2) is 5.76. The average Bonchev–Trinajstić information content (AvgIpc) is 2.87. The van der Waals surface area contributed by atoms with E-state index in [4.69, 9.17) is 16.0 Å². The van der Waals surface area contributed by atoms with Gasteiger partial charge in [-0.2, -0.15) is 0 Å². The van der Waals surface area contributed by atoms with E-state index in [1.54, 1.807) is 0 Å². The predicted molar refractivity (Wildman–Crippen MR) is 91.3 cm³/mol. The van der Waals surface area contributed by atoms with Crippen LogP contribution in [-0.4, -0.2) is 7.05 Å². The standard InChI is InChI=1S/C16H13ClINO/c1-19-16(12-9-11(17)6-7-13(12)18)15-8-10-4-2-3-5-14(10)20-15/h2-9,16,19H,1H3. The van der Waals surface area contributed by atoms with Crippen molar-refractivity contribution in [1.29, 1.82) is 0 Å². The molecule has 1 unspecified atom stereocenters. The molecule has 1 atom stereocenters. The number of hydrogen-bond donors (Lipinski definition) is 1. The number of halogens is 2. The van der Waals surface area contributed by atoms with Crippen LogP contribution in [0.3, 0.4) is 0 Å². The van der Waals surface area contributed by atoms with E-state index in [0.717, 1.165) is 30.9 Å². The van der Waals surface area contributed by atoms with Crippen LogP contribution in [0.4, 0.5) is 0 Å². The summed E-state index contributed by atoms with van der Waals surface area (Å²) in [7, 11) is 1.93. The molecule has 1 heterocycles. The zero-order chi connectivity index (χ0) is 14.1. The maximum Gasteiger partial charge on any atom is 0.134 e. The molecule has 0 saturated carbocycles. The lowest BCUT2D eigenvalue weighted by Gasteiger charge is -2.16. The topological polar surface area (TPSA) is 25.2 Å². The van der Waals surface area contributed by atoms with E-state index in [1.165, 1.54) is 0 Å². The maximum absolute atomic E-state index is 6.12. The summed E-state index contributed by atoms with van der Waals surface area (Å²) in [5.74, 6) is 0.897. The van der Waals surface area contributed by atoms with Crippen molar-refractivity contribution < 1.29 is 4.42 Å². The highest BCUT2D eigenvalue weighted by Crippen LogP contribution is 2.31. The summed E-state index contributed by atoms with van der Waals surface area (Å²) in [5, 5.41) is 5.15. The zero-order valence-corrected chi connectivity index (χ0v) is 13.8. The molecule has 0 spiro atoms. The monoisotopic (exact) mass is 397 g/mol. The van der Waals surface area contributed by atoms with Crippen molar-refractivity contribution in [3.8, 4) is 0 Å². The lowest BCUT2D eigenvalue weighted by molar-refractivity contribution is 0.491. The molecule has 0 bridgehead atoms. The second-order valence-corrected chi connectivity index (χ2v) is 6.17. The third-order valence-electron chi connectivity index (χ3n) is 3.29. The highest BCUT2D eigenvalue weighted by Gasteiger charge is 2.19. The Morgan fingerprint density at radius 3 is 2.70 bits per heavy atom. The summed E-state index contributed by atoms with van der Waals surface area (Å²) in [6.07, 6.45) is 0. The van der Waals surface area contributed by atoms with Gasteiger partial charge in [0.05, 0.1) is 6.04 Å². The van der Waals surface area contributed by atoms with Crippen molar-refractivity contribution in [2.75, 3.05) is 7.05 Å². The number of hydrogen-bond acceptors (Lipinski definition) is 2. The lowest BCUT2D eigenvalue weighted by Crippen LogP contribution is -2.18. The smallest absolute Gasteiger partial charge is 0.134 e. The van der Waals surface area contributed by atoms with E-state index in [1.807, 2.05) is 43.4 Å². The minimum Gasteiger partial charge on any atom is -0.459 e. The molecule has 0 radical (unpaired) electrons. The largest absolute Gasteiger partial charge is 0.459 e. The van der Waals surface area contributed by atoms with Gasteiger partial charge in [-0.25, -0.2) is 0 Å². The second-order valence-electron chi connectivity index (χ2n) is 4.57. The zero-order valence-electron chi connectivity index (χ0n) is 10.9. The van der Waals surface area contributed by atoms with Crippen molar-refractivity contribution in [2.24, 2.45) is 0 Å². The van der Waals surface area contributed by atoms with Gasteiger partial charge in [-0.1, -0.05) is 29.8 Å². The molecule has 20 heavy (non-hydrogen) atoms. The molecule has 3 rings (SSSR count). The van der Waals surface area contributed by atoms with Gasteiger partial charge in [0.1, 0.15) is 11.3 Å². The van der Waals surface area contributed by atoms with E-state index in [2.05, 4.69) is 40.0 Å². The fourth-order valence-electron chi connectivity index (χ4n) is 2.33. The number of fused-ring (bicyclic) bond motifs is 1. The molecule has 0 aliphatic rings.